The average molecular weight is 1890 g/mol. The second-order valence-electron chi connectivity index (χ2n) is 35.8. The summed E-state index contributed by atoms with van der Waals surface area (Å²) < 4.78 is 0. The number of hydrogen-bond donors (Lipinski definition) is 0. The lowest BCUT2D eigenvalue weighted by atomic mass is 9.94. The Morgan fingerprint density at radius 1 is 0.136 bits per heavy atom. The summed E-state index contributed by atoms with van der Waals surface area (Å²) >= 11 is 0. The van der Waals surface area contributed by atoms with E-state index in [-0.39, 0.29) is 0 Å². The minimum atomic E-state index is 0.669. The van der Waals surface area contributed by atoms with Crippen LogP contribution in [0, 0.1) is 20.8 Å². The fourth-order valence-electron chi connectivity index (χ4n) is 18.3. The van der Waals surface area contributed by atoms with Crippen LogP contribution in [0.15, 0.2) is 517 Å². The molecule has 0 amide bonds. The van der Waals surface area contributed by atoms with Crippen LogP contribution < -0.4 is 0 Å². The zero-order chi connectivity index (χ0) is 99.0. The molecule has 15 aromatic carbocycles. The zero-order valence-corrected chi connectivity index (χ0v) is 80.8. The van der Waals surface area contributed by atoms with Gasteiger partial charge in [-0.15, -0.1) is 0 Å². The molecular formula is C133H94N14. The van der Waals surface area contributed by atoms with Gasteiger partial charge in [-0.3, -0.25) is 29.9 Å². The van der Waals surface area contributed by atoms with Crippen LogP contribution in [0.1, 0.15) is 17.1 Å². The lowest BCUT2D eigenvalue weighted by molar-refractivity contribution is 1.17. The lowest BCUT2D eigenvalue weighted by Gasteiger charge is -2.14. The van der Waals surface area contributed by atoms with Gasteiger partial charge in [-0.25, -0.2) is 39.9 Å². The van der Waals surface area contributed by atoms with Crippen molar-refractivity contribution in [2.24, 2.45) is 0 Å². The number of aryl methyl sites for hydroxylation is 3. The molecule has 0 aliphatic rings. The van der Waals surface area contributed by atoms with E-state index < -0.39 is 0 Å². The Balaban J connectivity index is 0.000000125. The third-order valence-corrected chi connectivity index (χ3v) is 26.0. The molecule has 0 atom stereocenters. The van der Waals surface area contributed by atoms with Gasteiger partial charge >= 0.3 is 0 Å². The zero-order valence-electron chi connectivity index (χ0n) is 80.8. The molecule has 0 radical (unpaired) electrons. The second-order valence-corrected chi connectivity index (χ2v) is 35.8. The number of benzene rings is 15. The fraction of sp³-hybridized carbons (Fsp3) is 0.0226. The van der Waals surface area contributed by atoms with E-state index in [0.29, 0.717) is 17.5 Å². The highest BCUT2D eigenvalue weighted by atomic mass is 14.9. The first-order valence-corrected chi connectivity index (χ1v) is 48.8. The smallest absolute Gasteiger partial charge is 0.160 e. The normalized spacial score (nSPS) is 11.0. The van der Waals surface area contributed by atoms with E-state index in [0.717, 1.165) is 235 Å². The van der Waals surface area contributed by atoms with Gasteiger partial charge < -0.3 is 0 Å². The van der Waals surface area contributed by atoms with Crippen LogP contribution in [0.3, 0.4) is 0 Å². The molecule has 9 heterocycles. The van der Waals surface area contributed by atoms with Crippen LogP contribution in [-0.2, 0) is 0 Å². The largest absolute Gasteiger partial charge is 0.262 e. The van der Waals surface area contributed by atoms with E-state index in [2.05, 4.69) is 355 Å². The summed E-state index contributed by atoms with van der Waals surface area (Å²) in [6.45, 7) is 6.11. The van der Waals surface area contributed by atoms with Crippen molar-refractivity contribution in [1.29, 1.82) is 0 Å². The predicted octanol–water partition coefficient (Wildman–Crippen LogP) is 32.5. The van der Waals surface area contributed by atoms with Crippen molar-refractivity contribution in [3.63, 3.8) is 0 Å². The summed E-state index contributed by atoms with van der Waals surface area (Å²) in [4.78, 5) is 66.0. The molecule has 24 aromatic rings. The lowest BCUT2D eigenvalue weighted by Crippen LogP contribution is -1.97. The number of pyridine rings is 4. The second kappa shape index (κ2) is 43.2. The van der Waals surface area contributed by atoms with Gasteiger partial charge in [0.2, 0.25) is 0 Å². The molecule has 696 valence electrons. The standard InChI is InChI=1S/C45H32N4.2C44H31N5/c1-31-26-38(23-25-46-31)32-15-17-33(18-16-32)39-27-40(34-19-21-37(22-20-34)42-14-8-9-24-47-42)29-41(28-39)45-48-43(35-10-4-2-5-11-35)30-44(49-45)36-12-6-3-7-13-36;1-30-40(13-8-23-46-30)33-18-14-31(15-19-33)37-25-38(32-16-20-36(21-17-32)41-22-24-45-29-47-41)27-39(26-37)44-48-42(34-9-4-2-5-10-34)28-43(49-44)35-11-6-3-7-12-35;1-30-40(13-8-22-46-30)33-18-14-31(15-19-33)37-25-38(32-16-20-36(21-17-32)43-29-45-23-24-47-43)27-39(26-37)44-48-41(34-9-4-2-5-10-34)28-42(49-44)35-11-6-3-7-12-35/h2-30H,1H3;2*2-29H,1H3. The monoisotopic (exact) mass is 1890 g/mol. The Hall–Kier alpha value is -19.7. The summed E-state index contributed by atoms with van der Waals surface area (Å²) in [5, 5.41) is 0. The Labute approximate surface area is 854 Å². The van der Waals surface area contributed by atoms with E-state index in [1.54, 1.807) is 31.1 Å². The highest BCUT2D eigenvalue weighted by Crippen LogP contribution is 2.42. The molecule has 0 bridgehead atoms. The number of hydrogen-bond acceptors (Lipinski definition) is 14. The molecular weight excluding hydrogens is 1790 g/mol. The maximum absolute atomic E-state index is 5.16. The summed E-state index contributed by atoms with van der Waals surface area (Å²) in [7, 11) is 0. The molecule has 14 nitrogen and oxygen atoms in total. The van der Waals surface area contributed by atoms with Crippen molar-refractivity contribution in [1.82, 2.24) is 69.8 Å². The molecule has 0 saturated heterocycles. The van der Waals surface area contributed by atoms with E-state index in [9.17, 15) is 0 Å². The first kappa shape index (κ1) is 92.3. The quantitative estimate of drug-likeness (QED) is 0.0663. The van der Waals surface area contributed by atoms with Crippen molar-refractivity contribution in [3.05, 3.63) is 534 Å². The Morgan fingerprint density at radius 2 is 0.408 bits per heavy atom. The molecule has 0 saturated carbocycles. The molecule has 14 heteroatoms. The van der Waals surface area contributed by atoms with E-state index in [4.69, 9.17) is 29.9 Å². The fourth-order valence-corrected chi connectivity index (χ4v) is 18.3. The van der Waals surface area contributed by atoms with Gasteiger partial charge in [-0.1, -0.05) is 346 Å². The van der Waals surface area contributed by atoms with Crippen LogP contribution in [0.5, 0.6) is 0 Å². The van der Waals surface area contributed by atoms with E-state index in [1.807, 2.05) is 191 Å². The van der Waals surface area contributed by atoms with Gasteiger partial charge in [0.25, 0.3) is 0 Å². The summed E-state index contributed by atoms with van der Waals surface area (Å²) in [5.74, 6) is 2.02. The van der Waals surface area contributed by atoms with Crippen molar-refractivity contribution in [3.8, 4) is 236 Å². The first-order valence-electron chi connectivity index (χ1n) is 48.8. The first-order chi connectivity index (χ1) is 72.5. The van der Waals surface area contributed by atoms with Gasteiger partial charge in [0.1, 0.15) is 6.33 Å². The molecule has 0 unspecified atom stereocenters. The molecule has 0 N–H and O–H groups in total. The average Bonchev–Trinajstić information content (AvgIpc) is 0.784. The predicted molar refractivity (Wildman–Crippen MR) is 597 cm³/mol. The molecule has 0 fully saturated rings. The molecule has 147 heavy (non-hydrogen) atoms. The Morgan fingerprint density at radius 3 is 0.694 bits per heavy atom. The summed E-state index contributed by atoms with van der Waals surface area (Å²) in [6.07, 6.45) is 15.9. The van der Waals surface area contributed by atoms with Crippen molar-refractivity contribution >= 4 is 0 Å². The molecule has 0 aliphatic heterocycles. The highest BCUT2D eigenvalue weighted by molar-refractivity contribution is 5.88. The van der Waals surface area contributed by atoms with Crippen LogP contribution in [0.25, 0.3) is 236 Å². The van der Waals surface area contributed by atoms with Gasteiger partial charge in [-0.2, -0.15) is 0 Å². The number of rotatable bonds is 21. The van der Waals surface area contributed by atoms with Gasteiger partial charge in [0.15, 0.2) is 17.5 Å². The molecule has 24 rings (SSSR count). The van der Waals surface area contributed by atoms with Gasteiger partial charge in [0, 0.05) is 138 Å². The van der Waals surface area contributed by atoms with Gasteiger partial charge in [-0.05, 0) is 225 Å². The molecule has 9 aromatic heterocycles. The maximum Gasteiger partial charge on any atom is 0.160 e. The minimum absolute atomic E-state index is 0.669. The van der Waals surface area contributed by atoms with Crippen LogP contribution >= 0.6 is 0 Å². The van der Waals surface area contributed by atoms with Gasteiger partial charge in [0.05, 0.1) is 57.4 Å². The van der Waals surface area contributed by atoms with E-state index >= 15 is 0 Å². The maximum atomic E-state index is 5.16. The summed E-state index contributed by atoms with van der Waals surface area (Å²) in [6, 6.07) is 160. The van der Waals surface area contributed by atoms with Crippen molar-refractivity contribution < 1.29 is 0 Å². The summed E-state index contributed by atoms with van der Waals surface area (Å²) in [5.41, 5.74) is 43.1. The van der Waals surface area contributed by atoms with E-state index in [1.165, 1.54) is 0 Å². The number of aromatic nitrogens is 14. The molecule has 0 spiro atoms. The third-order valence-electron chi connectivity index (χ3n) is 26.0. The van der Waals surface area contributed by atoms with Crippen LogP contribution in [-0.4, -0.2) is 69.8 Å². The third kappa shape index (κ3) is 21.6. The minimum Gasteiger partial charge on any atom is -0.262 e. The topological polar surface area (TPSA) is 180 Å². The van der Waals surface area contributed by atoms with Crippen molar-refractivity contribution in [2.45, 2.75) is 20.8 Å². The Bertz CT molecular complexity index is 8170. The number of nitrogens with zero attached hydrogens (tertiary/aromatic N) is 14. The van der Waals surface area contributed by atoms with Crippen LogP contribution in [0.4, 0.5) is 0 Å². The highest BCUT2D eigenvalue weighted by Gasteiger charge is 2.22. The molecule has 0 aliphatic carbocycles. The van der Waals surface area contributed by atoms with Crippen molar-refractivity contribution in [2.75, 3.05) is 0 Å². The SMILES string of the molecule is Cc1cc(-c2ccc(-c3cc(-c4ccc(-c5ccccn5)cc4)cc(-c4nc(-c5ccccc5)cc(-c5ccccc5)n4)c3)cc2)ccn1.Cc1ncccc1-c1ccc(-c2cc(-c3ccc(-c4ccncn4)cc3)cc(-c3nc(-c4ccccc4)cc(-c4ccccc4)n3)c2)cc1.Cc1ncccc1-c1ccc(-c2cc(-c3ccc(-c4cnccn4)cc3)cc(-c3nc(-c4ccccc4)cc(-c4ccccc4)n3)c2)cc1. The Kier molecular flexibility index (Phi) is 27.1. The van der Waals surface area contributed by atoms with Crippen LogP contribution in [0.2, 0.25) is 0 Å².